The summed E-state index contributed by atoms with van der Waals surface area (Å²) in [6.45, 7) is 2.19. The Hall–Kier alpha value is -0.570. The second kappa shape index (κ2) is 6.05. The van der Waals surface area contributed by atoms with E-state index in [1.54, 1.807) is 0 Å². The molecule has 104 valence electrons. The first-order valence-electron chi connectivity index (χ1n) is 7.64. The van der Waals surface area contributed by atoms with Crippen molar-refractivity contribution in [1.29, 1.82) is 0 Å². The predicted molar refractivity (Wildman–Crippen MR) is 74.2 cm³/mol. The molecule has 3 heteroatoms. The molecule has 0 aromatic rings. The summed E-state index contributed by atoms with van der Waals surface area (Å²) in [6, 6.07) is 0.374. The molecule has 0 heterocycles. The van der Waals surface area contributed by atoms with Crippen LogP contribution in [0.3, 0.4) is 0 Å². The van der Waals surface area contributed by atoms with Crippen molar-refractivity contribution in [3.8, 4) is 0 Å². The zero-order valence-corrected chi connectivity index (χ0v) is 11.7. The molecule has 3 N–H and O–H groups in total. The van der Waals surface area contributed by atoms with Gasteiger partial charge in [-0.25, -0.2) is 0 Å². The highest BCUT2D eigenvalue weighted by Crippen LogP contribution is 2.30. The van der Waals surface area contributed by atoms with Crippen molar-refractivity contribution in [3.63, 3.8) is 0 Å². The largest absolute Gasteiger partial charge is 0.351 e. The first-order valence-corrected chi connectivity index (χ1v) is 7.64. The third-order valence-electron chi connectivity index (χ3n) is 4.75. The molecule has 2 saturated carbocycles. The highest BCUT2D eigenvalue weighted by Gasteiger charge is 2.30. The van der Waals surface area contributed by atoms with Gasteiger partial charge < -0.3 is 11.1 Å². The fourth-order valence-corrected chi connectivity index (χ4v) is 3.61. The van der Waals surface area contributed by atoms with Gasteiger partial charge in [0.05, 0.1) is 0 Å². The van der Waals surface area contributed by atoms with Crippen molar-refractivity contribution in [2.45, 2.75) is 82.7 Å². The number of amides is 1. The minimum absolute atomic E-state index is 0.0834. The summed E-state index contributed by atoms with van der Waals surface area (Å²) in [4.78, 5) is 12.0. The van der Waals surface area contributed by atoms with E-state index >= 15 is 0 Å². The molecule has 2 unspecified atom stereocenters. The minimum atomic E-state index is 0.0834. The van der Waals surface area contributed by atoms with E-state index < -0.39 is 0 Å². The Morgan fingerprint density at radius 2 is 2.00 bits per heavy atom. The summed E-state index contributed by atoms with van der Waals surface area (Å²) in [5.41, 5.74) is 6.07. The lowest BCUT2D eigenvalue weighted by Crippen LogP contribution is -2.43. The van der Waals surface area contributed by atoms with E-state index in [9.17, 15) is 4.79 Å². The third-order valence-corrected chi connectivity index (χ3v) is 4.75. The summed E-state index contributed by atoms with van der Waals surface area (Å²) in [7, 11) is 0. The summed E-state index contributed by atoms with van der Waals surface area (Å²) >= 11 is 0. The number of hydrogen-bond acceptors (Lipinski definition) is 2. The van der Waals surface area contributed by atoms with Crippen LogP contribution >= 0.6 is 0 Å². The minimum Gasteiger partial charge on any atom is -0.351 e. The van der Waals surface area contributed by atoms with Crippen molar-refractivity contribution in [1.82, 2.24) is 5.32 Å². The number of nitrogens with one attached hydrogen (secondary N) is 1. The lowest BCUT2D eigenvalue weighted by atomic mass is 9.83. The van der Waals surface area contributed by atoms with E-state index in [1.165, 1.54) is 32.1 Å². The monoisotopic (exact) mass is 252 g/mol. The average molecular weight is 252 g/mol. The summed E-state index contributed by atoms with van der Waals surface area (Å²) in [5.74, 6) is 0.925. The van der Waals surface area contributed by atoms with E-state index in [-0.39, 0.29) is 11.4 Å². The maximum atomic E-state index is 12.0. The standard InChI is InChI=1S/C15H28N2O/c1-15(9-2-3-10-15)17-14(18)8-7-12-5-4-6-13(16)11-12/h12-13H,2-11,16H2,1H3,(H,17,18). The molecule has 2 aliphatic rings. The fraction of sp³-hybridized carbons (Fsp3) is 0.933. The Morgan fingerprint density at radius 1 is 1.28 bits per heavy atom. The van der Waals surface area contributed by atoms with Crippen LogP contribution in [0.5, 0.6) is 0 Å². The smallest absolute Gasteiger partial charge is 0.220 e. The third kappa shape index (κ3) is 3.98. The van der Waals surface area contributed by atoms with E-state index in [4.69, 9.17) is 5.73 Å². The Morgan fingerprint density at radius 3 is 2.67 bits per heavy atom. The molecule has 0 aliphatic heterocycles. The number of carbonyl (C=O) groups excluding carboxylic acids is 1. The second-order valence-electron chi connectivity index (χ2n) is 6.65. The predicted octanol–water partition coefficient (Wildman–Crippen LogP) is 2.73. The molecule has 2 aliphatic carbocycles. The van der Waals surface area contributed by atoms with Crippen LogP contribution in [0.1, 0.15) is 71.1 Å². The van der Waals surface area contributed by atoms with Gasteiger partial charge in [0.2, 0.25) is 5.91 Å². The molecule has 1 amide bonds. The van der Waals surface area contributed by atoms with Crippen molar-refractivity contribution in [3.05, 3.63) is 0 Å². The molecule has 0 aromatic carbocycles. The molecular weight excluding hydrogens is 224 g/mol. The van der Waals surface area contributed by atoms with Crippen LogP contribution < -0.4 is 11.1 Å². The first kappa shape index (κ1) is 13.9. The van der Waals surface area contributed by atoms with Crippen molar-refractivity contribution >= 4 is 5.91 Å². The average Bonchev–Trinajstić information content (AvgIpc) is 2.73. The lowest BCUT2D eigenvalue weighted by molar-refractivity contribution is -0.123. The maximum Gasteiger partial charge on any atom is 0.220 e. The van der Waals surface area contributed by atoms with Crippen LogP contribution in [0.15, 0.2) is 0 Å². The topological polar surface area (TPSA) is 55.1 Å². The van der Waals surface area contributed by atoms with E-state index in [0.29, 0.717) is 18.4 Å². The molecule has 0 saturated heterocycles. The summed E-state index contributed by atoms with van der Waals surface area (Å²) < 4.78 is 0. The van der Waals surface area contributed by atoms with Gasteiger partial charge in [-0.05, 0) is 44.9 Å². The van der Waals surface area contributed by atoms with E-state index in [2.05, 4.69) is 12.2 Å². The van der Waals surface area contributed by atoms with Crippen LogP contribution in [0.2, 0.25) is 0 Å². The number of nitrogens with two attached hydrogens (primary N) is 1. The first-order chi connectivity index (χ1) is 8.57. The van der Waals surface area contributed by atoms with Gasteiger partial charge in [0.15, 0.2) is 0 Å². The van der Waals surface area contributed by atoms with Gasteiger partial charge in [0, 0.05) is 18.0 Å². The zero-order valence-electron chi connectivity index (χ0n) is 11.7. The molecule has 2 fully saturated rings. The van der Waals surface area contributed by atoms with Gasteiger partial charge in [-0.15, -0.1) is 0 Å². The van der Waals surface area contributed by atoms with Crippen molar-refractivity contribution < 1.29 is 4.79 Å². The fourth-order valence-electron chi connectivity index (χ4n) is 3.61. The number of carbonyl (C=O) groups is 1. The molecule has 2 atom stereocenters. The second-order valence-corrected chi connectivity index (χ2v) is 6.65. The lowest BCUT2D eigenvalue weighted by Gasteiger charge is -2.28. The van der Waals surface area contributed by atoms with Gasteiger partial charge >= 0.3 is 0 Å². The normalized spacial score (nSPS) is 31.2. The van der Waals surface area contributed by atoms with Gasteiger partial charge in [-0.3, -0.25) is 4.79 Å². The molecule has 18 heavy (non-hydrogen) atoms. The van der Waals surface area contributed by atoms with Crippen LogP contribution in [0.25, 0.3) is 0 Å². The molecule has 0 radical (unpaired) electrons. The van der Waals surface area contributed by atoms with Crippen LogP contribution in [0, 0.1) is 5.92 Å². The Balaban J connectivity index is 1.68. The van der Waals surface area contributed by atoms with Crippen LogP contribution in [0.4, 0.5) is 0 Å². The number of hydrogen-bond donors (Lipinski definition) is 2. The molecule has 0 spiro atoms. The molecule has 0 aromatic heterocycles. The molecule has 3 nitrogen and oxygen atoms in total. The van der Waals surface area contributed by atoms with Gasteiger partial charge in [-0.1, -0.05) is 25.7 Å². The molecular formula is C15H28N2O. The van der Waals surface area contributed by atoms with Crippen LogP contribution in [-0.4, -0.2) is 17.5 Å². The number of rotatable bonds is 4. The quantitative estimate of drug-likeness (QED) is 0.808. The van der Waals surface area contributed by atoms with Crippen molar-refractivity contribution in [2.75, 3.05) is 0 Å². The Kier molecular flexibility index (Phi) is 4.66. The summed E-state index contributed by atoms with van der Waals surface area (Å²) in [6.07, 6.45) is 11.3. The van der Waals surface area contributed by atoms with Crippen LogP contribution in [-0.2, 0) is 4.79 Å². The highest BCUT2D eigenvalue weighted by molar-refractivity contribution is 5.76. The van der Waals surface area contributed by atoms with E-state index in [0.717, 1.165) is 25.7 Å². The van der Waals surface area contributed by atoms with Gasteiger partial charge in [0.1, 0.15) is 0 Å². The highest BCUT2D eigenvalue weighted by atomic mass is 16.1. The summed E-state index contributed by atoms with van der Waals surface area (Å²) in [5, 5.41) is 3.24. The Labute approximate surface area is 111 Å². The van der Waals surface area contributed by atoms with Crippen molar-refractivity contribution in [2.24, 2.45) is 11.7 Å². The zero-order chi connectivity index (χ0) is 13.0. The van der Waals surface area contributed by atoms with Gasteiger partial charge in [-0.2, -0.15) is 0 Å². The maximum absolute atomic E-state index is 12.0. The van der Waals surface area contributed by atoms with Gasteiger partial charge in [0.25, 0.3) is 0 Å². The SMILES string of the molecule is CC1(NC(=O)CCC2CCCC(N)C2)CCCC1. The molecule has 2 rings (SSSR count). The Bertz CT molecular complexity index is 284. The van der Waals surface area contributed by atoms with E-state index in [1.807, 2.05) is 0 Å². The molecule has 0 bridgehead atoms.